The highest BCUT2D eigenvalue weighted by molar-refractivity contribution is 6.17. The summed E-state index contributed by atoms with van der Waals surface area (Å²) in [6.45, 7) is 3.30. The normalized spacial score (nSPS) is 19.3. The number of fused-ring (bicyclic) bond motifs is 1. The molecule has 0 radical (unpaired) electrons. The van der Waals surface area contributed by atoms with Crippen LogP contribution in [0.1, 0.15) is 40.7 Å². The van der Waals surface area contributed by atoms with Gasteiger partial charge in [-0.1, -0.05) is 12.1 Å². The number of piperidine rings is 1. The Morgan fingerprint density at radius 2 is 1.89 bits per heavy atom. The van der Waals surface area contributed by atoms with Gasteiger partial charge in [0, 0.05) is 47.1 Å². The van der Waals surface area contributed by atoms with E-state index in [0.717, 1.165) is 62.3 Å². The molecule has 0 bridgehead atoms. The van der Waals surface area contributed by atoms with Crippen molar-refractivity contribution in [1.82, 2.24) is 26.6 Å². The molecule has 10 heteroatoms. The number of urea groups is 1. The number of nitrogens with one attached hydrogen (secondary N) is 5. The van der Waals surface area contributed by atoms with Crippen LogP contribution in [-0.4, -0.2) is 49.7 Å². The summed E-state index contributed by atoms with van der Waals surface area (Å²) in [5.74, 6) is -0.142. The van der Waals surface area contributed by atoms with Gasteiger partial charge in [0.1, 0.15) is 12.0 Å². The predicted octanol–water partition coefficient (Wildman–Crippen LogP) is 3.41. The molecular formula is C28H32ClFN6O2. The van der Waals surface area contributed by atoms with E-state index in [1.54, 1.807) is 23.2 Å². The minimum Gasteiger partial charge on any atom is -0.361 e. The second-order valence-electron chi connectivity index (χ2n) is 9.66. The van der Waals surface area contributed by atoms with Crippen LogP contribution >= 0.6 is 11.6 Å². The van der Waals surface area contributed by atoms with Gasteiger partial charge < -0.3 is 26.6 Å². The first-order valence-corrected chi connectivity index (χ1v) is 13.5. The molecule has 3 aliphatic heterocycles. The molecule has 5 N–H and O–H groups in total. The molecule has 0 aliphatic carbocycles. The Morgan fingerprint density at radius 1 is 1.11 bits per heavy atom. The number of alkyl halides is 1. The molecule has 3 amide bonds. The summed E-state index contributed by atoms with van der Waals surface area (Å²) in [6.07, 6.45) is 5.75. The molecule has 0 spiro atoms. The van der Waals surface area contributed by atoms with E-state index in [9.17, 15) is 9.59 Å². The second kappa shape index (κ2) is 12.0. The molecule has 8 nitrogen and oxygen atoms in total. The first-order valence-electron chi connectivity index (χ1n) is 13.0. The summed E-state index contributed by atoms with van der Waals surface area (Å²) >= 11 is 5.71. The number of hydrogen-bond acceptors (Lipinski definition) is 5. The minimum atomic E-state index is -0.501. The smallest absolute Gasteiger partial charge is 0.327 e. The first kappa shape index (κ1) is 26.2. The van der Waals surface area contributed by atoms with Crippen LogP contribution < -0.4 is 31.5 Å². The van der Waals surface area contributed by atoms with Crippen molar-refractivity contribution >= 4 is 34.9 Å². The zero-order valence-corrected chi connectivity index (χ0v) is 21.8. The Labute approximate surface area is 226 Å². The lowest BCUT2D eigenvalue weighted by molar-refractivity contribution is 0.0929. The molecule has 1 atom stereocenters. The monoisotopic (exact) mass is 538 g/mol. The van der Waals surface area contributed by atoms with Crippen molar-refractivity contribution in [3.63, 3.8) is 0 Å². The van der Waals surface area contributed by atoms with Crippen LogP contribution in [0.3, 0.4) is 0 Å². The van der Waals surface area contributed by atoms with Crippen LogP contribution in [0.25, 0.3) is 5.70 Å². The molecule has 5 rings (SSSR count). The van der Waals surface area contributed by atoms with Crippen LogP contribution in [0, 0.1) is 5.82 Å². The quantitative estimate of drug-likeness (QED) is 0.249. The van der Waals surface area contributed by atoms with Gasteiger partial charge in [0.25, 0.3) is 5.91 Å². The molecule has 200 valence electrons. The lowest BCUT2D eigenvalue weighted by atomic mass is 10.0. The van der Waals surface area contributed by atoms with E-state index in [0.29, 0.717) is 17.1 Å². The third-order valence-corrected chi connectivity index (χ3v) is 7.20. The molecule has 1 saturated heterocycles. The zero-order chi connectivity index (χ0) is 26.5. The summed E-state index contributed by atoms with van der Waals surface area (Å²) < 4.78 is 15.1. The Hall–Kier alpha value is -3.40. The standard InChI is InChI=1S/C28H32ClFN6O2/c29-10-1-11-32-16-18-2-5-22(6-3-18)36-17-20-15-25(34-26(20)35-28(36)38)23-7-4-19(14-24(23)30)27(37)33-21-8-12-31-13-9-21/h2-7,14-15,17,21,26,31-32,34H,1,8-13,16H2,(H,33,37)(H,35,38). The lowest BCUT2D eigenvalue weighted by Crippen LogP contribution is -2.51. The van der Waals surface area contributed by atoms with Gasteiger partial charge in [0.2, 0.25) is 0 Å². The summed E-state index contributed by atoms with van der Waals surface area (Å²) in [5.41, 5.74) is 3.82. The first-order chi connectivity index (χ1) is 18.5. The number of benzene rings is 2. The number of rotatable bonds is 9. The van der Waals surface area contributed by atoms with Crippen LogP contribution in [0.5, 0.6) is 0 Å². The third kappa shape index (κ3) is 6.01. The number of halogens is 2. The summed E-state index contributed by atoms with van der Waals surface area (Å²) in [4.78, 5) is 27.0. The van der Waals surface area contributed by atoms with Gasteiger partial charge in [0.05, 0.1) is 5.69 Å². The van der Waals surface area contributed by atoms with Gasteiger partial charge in [-0.05, 0) is 80.9 Å². The van der Waals surface area contributed by atoms with Gasteiger partial charge in [-0.25, -0.2) is 9.18 Å². The third-order valence-electron chi connectivity index (χ3n) is 6.94. The largest absolute Gasteiger partial charge is 0.361 e. The Balaban J connectivity index is 1.27. The number of amides is 3. The van der Waals surface area contributed by atoms with E-state index in [2.05, 4.69) is 26.6 Å². The van der Waals surface area contributed by atoms with Gasteiger partial charge >= 0.3 is 6.03 Å². The molecule has 0 aromatic heterocycles. The molecule has 0 saturated carbocycles. The van der Waals surface area contributed by atoms with Crippen molar-refractivity contribution in [1.29, 1.82) is 0 Å². The summed E-state index contributed by atoms with van der Waals surface area (Å²) in [5, 5.41) is 15.7. The highest BCUT2D eigenvalue weighted by Crippen LogP contribution is 2.29. The number of nitrogens with zero attached hydrogens (tertiary/aromatic N) is 1. The highest BCUT2D eigenvalue weighted by atomic mass is 35.5. The van der Waals surface area contributed by atoms with E-state index in [1.165, 1.54) is 6.07 Å². The van der Waals surface area contributed by atoms with E-state index in [-0.39, 0.29) is 23.5 Å². The fourth-order valence-corrected chi connectivity index (χ4v) is 4.95. The van der Waals surface area contributed by atoms with Crippen molar-refractivity contribution in [3.05, 3.63) is 82.8 Å². The molecule has 2 aromatic rings. The maximum absolute atomic E-state index is 15.1. The van der Waals surface area contributed by atoms with Crippen LogP contribution in [-0.2, 0) is 6.54 Å². The van der Waals surface area contributed by atoms with E-state index in [4.69, 9.17) is 11.6 Å². The SMILES string of the molecule is O=C(NC1CCNCC1)c1ccc(C2=CC3=CN(c4ccc(CNCCCCl)cc4)C(=O)NC3N2)c(F)c1. The van der Waals surface area contributed by atoms with Crippen LogP contribution in [0.2, 0.25) is 0 Å². The number of anilines is 1. The van der Waals surface area contributed by atoms with Gasteiger partial charge in [-0.15, -0.1) is 11.6 Å². The number of hydrogen-bond donors (Lipinski definition) is 5. The van der Waals surface area contributed by atoms with Crippen molar-refractivity contribution in [2.75, 3.05) is 30.4 Å². The highest BCUT2D eigenvalue weighted by Gasteiger charge is 2.32. The average Bonchev–Trinajstić information content (AvgIpc) is 3.34. The van der Waals surface area contributed by atoms with Crippen LogP contribution in [0.15, 0.2) is 60.3 Å². The maximum Gasteiger partial charge on any atom is 0.327 e. The molecule has 1 fully saturated rings. The molecule has 1 unspecified atom stereocenters. The number of carbonyl (C=O) groups is 2. The molecule has 38 heavy (non-hydrogen) atoms. The van der Waals surface area contributed by atoms with Crippen molar-refractivity contribution in [2.24, 2.45) is 0 Å². The van der Waals surface area contributed by atoms with Crippen molar-refractivity contribution in [3.8, 4) is 0 Å². The average molecular weight is 539 g/mol. The Kier molecular flexibility index (Phi) is 8.26. The van der Waals surface area contributed by atoms with E-state index >= 15 is 4.39 Å². The van der Waals surface area contributed by atoms with Crippen LogP contribution in [0.4, 0.5) is 14.9 Å². The van der Waals surface area contributed by atoms with Crippen molar-refractivity contribution in [2.45, 2.75) is 38.0 Å². The van der Waals surface area contributed by atoms with Crippen molar-refractivity contribution < 1.29 is 14.0 Å². The molecule has 3 heterocycles. The van der Waals surface area contributed by atoms with E-state index in [1.807, 2.05) is 30.3 Å². The fourth-order valence-electron chi connectivity index (χ4n) is 4.82. The second-order valence-corrected chi connectivity index (χ2v) is 10.0. The topological polar surface area (TPSA) is 97.5 Å². The Bertz CT molecular complexity index is 1240. The number of carbonyl (C=O) groups excluding carboxylic acids is 2. The fraction of sp³-hybridized carbons (Fsp3) is 0.357. The predicted molar refractivity (Wildman–Crippen MR) is 147 cm³/mol. The van der Waals surface area contributed by atoms with E-state index < -0.39 is 12.0 Å². The molecule has 3 aliphatic rings. The van der Waals surface area contributed by atoms with Gasteiger partial charge in [0.15, 0.2) is 0 Å². The summed E-state index contributed by atoms with van der Waals surface area (Å²) in [6, 6.07) is 12.1. The Morgan fingerprint density at radius 3 is 2.63 bits per heavy atom. The maximum atomic E-state index is 15.1. The van der Waals surface area contributed by atoms with Gasteiger partial charge in [-0.2, -0.15) is 0 Å². The van der Waals surface area contributed by atoms with Gasteiger partial charge in [-0.3, -0.25) is 9.69 Å². The molecular weight excluding hydrogens is 507 g/mol. The lowest BCUT2D eigenvalue weighted by Gasteiger charge is -2.29. The summed E-state index contributed by atoms with van der Waals surface area (Å²) in [7, 11) is 0. The minimum absolute atomic E-state index is 0.0984. The molecule has 2 aromatic carbocycles. The zero-order valence-electron chi connectivity index (χ0n) is 21.0.